The van der Waals surface area contributed by atoms with Crippen molar-refractivity contribution in [1.29, 1.82) is 0 Å². The van der Waals surface area contributed by atoms with Gasteiger partial charge in [0.15, 0.2) is 5.11 Å². The molecule has 0 saturated heterocycles. The number of hydrogen-bond acceptors (Lipinski definition) is 9. The first-order valence-corrected chi connectivity index (χ1v) is 19.3. The van der Waals surface area contributed by atoms with E-state index >= 15 is 0 Å². The number of nitrogens with one attached hydrogen (secondary N) is 4. The Hall–Kier alpha value is -5.74. The maximum Gasteiger partial charge on any atom is 0.339 e. The lowest BCUT2D eigenvalue weighted by molar-refractivity contribution is 0.0592. The van der Waals surface area contributed by atoms with E-state index in [9.17, 15) is 26.4 Å². The Morgan fingerprint density at radius 2 is 1.06 bits per heavy atom. The predicted molar refractivity (Wildman–Crippen MR) is 210 cm³/mol. The summed E-state index contributed by atoms with van der Waals surface area (Å²) in [5, 5.41) is 9.34. The normalized spacial score (nSPS) is 11.5. The van der Waals surface area contributed by atoms with Crippen LogP contribution in [0, 0.1) is 0 Å². The maximum atomic E-state index is 13.3. The highest BCUT2D eigenvalue weighted by atomic mass is 35.5. The molecule has 0 aliphatic heterocycles. The van der Waals surface area contributed by atoms with Gasteiger partial charge in [-0.3, -0.25) is 9.44 Å². The largest absolute Gasteiger partial charge is 0.465 e. The van der Waals surface area contributed by atoms with Crippen LogP contribution in [-0.2, 0) is 29.5 Å². The Kier molecular flexibility index (Phi) is 10.5. The van der Waals surface area contributed by atoms with Crippen LogP contribution in [-0.4, -0.2) is 48.1 Å². The Morgan fingerprint density at radius 3 is 1.58 bits per heavy atom. The molecule has 0 bridgehead atoms. The zero-order chi connectivity index (χ0) is 37.9. The summed E-state index contributed by atoms with van der Waals surface area (Å²) in [6.45, 7) is 0. The second kappa shape index (κ2) is 15.1. The lowest BCUT2D eigenvalue weighted by Crippen LogP contribution is -2.19. The van der Waals surface area contributed by atoms with Gasteiger partial charge in [0, 0.05) is 22.7 Å². The molecule has 0 unspecified atom stereocenters. The molecule has 0 radical (unpaired) electrons. The fourth-order valence-electron chi connectivity index (χ4n) is 5.34. The van der Waals surface area contributed by atoms with Gasteiger partial charge in [-0.2, -0.15) is 0 Å². The highest BCUT2D eigenvalue weighted by Gasteiger charge is 2.19. The van der Waals surface area contributed by atoms with Gasteiger partial charge in [-0.05, 0) is 119 Å². The molecule has 0 aromatic heterocycles. The summed E-state index contributed by atoms with van der Waals surface area (Å²) in [7, 11) is -5.63. The maximum absolute atomic E-state index is 13.3. The van der Waals surface area contributed by atoms with E-state index in [0.717, 1.165) is 10.8 Å². The van der Waals surface area contributed by atoms with Crippen LogP contribution in [0.5, 0.6) is 0 Å². The molecule has 0 heterocycles. The van der Waals surface area contributed by atoms with E-state index in [0.29, 0.717) is 22.1 Å². The highest BCUT2D eigenvalue weighted by Crippen LogP contribution is 2.28. The van der Waals surface area contributed by atoms with Crippen molar-refractivity contribution in [3.63, 3.8) is 0 Å². The second-order valence-corrected chi connectivity index (χ2v) is 15.7. The number of thiocarbonyl (C=S) groups is 1. The predicted octanol–water partition coefficient (Wildman–Crippen LogP) is 7.63. The summed E-state index contributed by atoms with van der Waals surface area (Å²) in [4.78, 5) is 23.9. The number of methoxy groups -OCH3 is 2. The van der Waals surface area contributed by atoms with Crippen LogP contribution in [0.25, 0.3) is 21.5 Å². The molecule has 6 rings (SSSR count). The third-order valence-corrected chi connectivity index (χ3v) is 11.2. The van der Waals surface area contributed by atoms with Gasteiger partial charge in [-0.15, -0.1) is 0 Å². The Bertz CT molecular complexity index is 2670. The molecule has 0 amide bonds. The zero-order valence-corrected chi connectivity index (χ0v) is 31.0. The number of rotatable bonds is 10. The summed E-state index contributed by atoms with van der Waals surface area (Å²) >= 11 is 11.6. The van der Waals surface area contributed by atoms with Crippen molar-refractivity contribution in [3.8, 4) is 0 Å². The minimum atomic E-state index is -4.06. The molecule has 53 heavy (non-hydrogen) atoms. The number of fused-ring (bicyclic) bond motifs is 2. The molecule has 0 atom stereocenters. The van der Waals surface area contributed by atoms with Gasteiger partial charge in [-0.25, -0.2) is 26.4 Å². The van der Waals surface area contributed by atoms with Crippen molar-refractivity contribution in [1.82, 2.24) is 0 Å². The average Bonchev–Trinajstić information content (AvgIpc) is 3.14. The number of carbonyl (C=O) groups excluding carboxylic acids is 2. The van der Waals surface area contributed by atoms with E-state index < -0.39 is 32.0 Å². The Labute approximate surface area is 315 Å². The number of carbonyl (C=O) groups is 2. The van der Waals surface area contributed by atoms with Crippen molar-refractivity contribution in [2.75, 3.05) is 34.3 Å². The minimum absolute atomic E-state index is 0.0122. The molecule has 4 N–H and O–H groups in total. The van der Waals surface area contributed by atoms with Crippen molar-refractivity contribution >= 4 is 105 Å². The number of esters is 2. The van der Waals surface area contributed by atoms with Gasteiger partial charge in [0.1, 0.15) is 0 Å². The molecule has 12 nitrogen and oxygen atoms in total. The first kappa shape index (κ1) is 37.0. The average molecular weight is 789 g/mol. The summed E-state index contributed by atoms with van der Waals surface area (Å²) in [5.74, 6) is -1.29. The van der Waals surface area contributed by atoms with Gasteiger partial charge >= 0.3 is 11.9 Å². The summed E-state index contributed by atoms with van der Waals surface area (Å²) < 4.78 is 67.4. The van der Waals surface area contributed by atoms with Crippen molar-refractivity contribution in [3.05, 3.63) is 131 Å². The van der Waals surface area contributed by atoms with Gasteiger partial charge in [0.2, 0.25) is 0 Å². The van der Waals surface area contributed by atoms with E-state index in [1.54, 1.807) is 42.5 Å². The van der Waals surface area contributed by atoms with Crippen LogP contribution in [0.1, 0.15) is 20.7 Å². The molecular formula is C37H29ClN4O8S3. The zero-order valence-electron chi connectivity index (χ0n) is 27.8. The van der Waals surface area contributed by atoms with Crippen LogP contribution in [0.3, 0.4) is 0 Å². The summed E-state index contributed by atoms with van der Waals surface area (Å²) in [6, 6.07) is 30.2. The number of halogens is 1. The van der Waals surface area contributed by atoms with Crippen LogP contribution < -0.4 is 20.1 Å². The summed E-state index contributed by atoms with van der Waals surface area (Å²) in [5.41, 5.74) is 1.72. The fraction of sp³-hybridized carbons (Fsp3) is 0.0541. The van der Waals surface area contributed by atoms with Gasteiger partial charge in [0.05, 0.1) is 40.2 Å². The minimum Gasteiger partial charge on any atom is -0.465 e. The number of sulfonamides is 2. The van der Waals surface area contributed by atoms with E-state index in [1.807, 2.05) is 12.1 Å². The number of hydrogen-bond donors (Lipinski definition) is 4. The highest BCUT2D eigenvalue weighted by molar-refractivity contribution is 7.93. The smallest absolute Gasteiger partial charge is 0.339 e. The molecule has 270 valence electrons. The molecule has 0 fully saturated rings. The van der Waals surface area contributed by atoms with Crippen LogP contribution in [0.2, 0.25) is 5.02 Å². The Balaban J connectivity index is 1.16. The monoisotopic (exact) mass is 788 g/mol. The lowest BCUT2D eigenvalue weighted by atomic mass is 10.1. The van der Waals surface area contributed by atoms with E-state index in [4.69, 9.17) is 33.3 Å². The molecule has 6 aromatic carbocycles. The fourth-order valence-corrected chi connectivity index (χ4v) is 7.94. The number of benzene rings is 6. The molecular weight excluding hydrogens is 760 g/mol. The third kappa shape index (κ3) is 8.50. The molecule has 0 aliphatic carbocycles. The van der Waals surface area contributed by atoms with Crippen molar-refractivity contribution in [2.24, 2.45) is 0 Å². The van der Waals surface area contributed by atoms with Crippen molar-refractivity contribution in [2.45, 2.75) is 9.79 Å². The van der Waals surface area contributed by atoms with E-state index in [1.165, 1.54) is 74.9 Å². The topological polar surface area (TPSA) is 169 Å². The second-order valence-electron chi connectivity index (χ2n) is 11.5. The molecule has 16 heteroatoms. The molecule has 0 spiro atoms. The Morgan fingerprint density at radius 1 is 0.566 bits per heavy atom. The number of anilines is 4. The summed E-state index contributed by atoms with van der Waals surface area (Å²) in [6.07, 6.45) is 0. The van der Waals surface area contributed by atoms with Crippen LogP contribution >= 0.6 is 23.8 Å². The van der Waals surface area contributed by atoms with Crippen LogP contribution in [0.4, 0.5) is 22.7 Å². The van der Waals surface area contributed by atoms with Gasteiger partial charge in [0.25, 0.3) is 20.0 Å². The third-order valence-electron chi connectivity index (χ3n) is 7.92. The van der Waals surface area contributed by atoms with Gasteiger partial charge < -0.3 is 20.1 Å². The van der Waals surface area contributed by atoms with Crippen LogP contribution in [0.15, 0.2) is 125 Å². The molecule has 6 aromatic rings. The first-order chi connectivity index (χ1) is 25.2. The number of ether oxygens (including phenoxy) is 2. The molecule has 0 saturated carbocycles. The lowest BCUT2D eigenvalue weighted by Gasteiger charge is -2.13. The van der Waals surface area contributed by atoms with Crippen molar-refractivity contribution < 1.29 is 35.9 Å². The van der Waals surface area contributed by atoms with E-state index in [2.05, 4.69) is 20.1 Å². The molecule has 0 aliphatic rings. The first-order valence-electron chi connectivity index (χ1n) is 15.5. The standard InChI is InChI=1S/C37H29ClN4O8S3/c1-49-35(43)24-4-3-5-29(16-24)41-52(45,46)31-13-8-22-6-10-27(17-25(22)19-31)39-37(51)40-28-11-7-23-9-14-32(20-26(23)18-28)53(47,48)42-30-12-15-34(38)33(21-30)36(44)50-2/h3-21,41-42H,1-2H3,(H2,39,40,51). The quantitative estimate of drug-likeness (QED) is 0.0796. The van der Waals surface area contributed by atoms with E-state index in [-0.39, 0.29) is 42.4 Å². The van der Waals surface area contributed by atoms with Gasteiger partial charge in [-0.1, -0.05) is 41.9 Å². The SMILES string of the molecule is COC(=O)c1cccc(NS(=O)(=O)c2ccc3ccc(NC(=S)Nc4ccc5ccc(S(=O)(=O)Nc6ccc(Cl)c(C(=O)OC)c6)cc5c4)cc3c2)c1.